The van der Waals surface area contributed by atoms with Gasteiger partial charge in [0, 0.05) is 38.8 Å². The van der Waals surface area contributed by atoms with E-state index in [1.54, 1.807) is 0 Å². The molecule has 0 aromatic carbocycles. The zero-order valence-electron chi connectivity index (χ0n) is 17.2. The fourth-order valence-electron chi connectivity index (χ4n) is 3.89. The molecule has 0 saturated carbocycles. The molecule has 0 bridgehead atoms. The molecule has 26 heavy (non-hydrogen) atoms. The van der Waals surface area contributed by atoms with Crippen LogP contribution in [0.5, 0.6) is 0 Å². The molecule has 1 aromatic heterocycles. The first-order chi connectivity index (χ1) is 12.6. The molecule has 1 aliphatic heterocycles. The Morgan fingerprint density at radius 3 is 2.50 bits per heavy atom. The molecule has 1 aromatic rings. The molecule has 2 heterocycles. The number of piperidine rings is 1. The number of nitrogens with zero attached hydrogens (tertiary/aromatic N) is 3. The van der Waals surface area contributed by atoms with Crippen LogP contribution in [0.1, 0.15) is 39.5 Å². The van der Waals surface area contributed by atoms with Crippen molar-refractivity contribution in [3.8, 4) is 0 Å². The van der Waals surface area contributed by atoms with Gasteiger partial charge in [0.15, 0.2) is 5.96 Å². The summed E-state index contributed by atoms with van der Waals surface area (Å²) in [7, 11) is 6.24. The van der Waals surface area contributed by atoms with Gasteiger partial charge < -0.3 is 20.4 Å². The quantitative estimate of drug-likeness (QED) is 0.537. The van der Waals surface area contributed by atoms with Crippen LogP contribution in [-0.4, -0.2) is 63.7 Å². The highest BCUT2D eigenvalue weighted by Crippen LogP contribution is 2.24. The zero-order valence-corrected chi connectivity index (χ0v) is 18.0. The van der Waals surface area contributed by atoms with Gasteiger partial charge in [0.05, 0.1) is 5.00 Å². The zero-order chi connectivity index (χ0) is 18.9. The van der Waals surface area contributed by atoms with Crippen molar-refractivity contribution in [2.24, 2.45) is 10.9 Å². The van der Waals surface area contributed by atoms with Crippen molar-refractivity contribution in [1.29, 1.82) is 0 Å². The summed E-state index contributed by atoms with van der Waals surface area (Å²) in [6.07, 6.45) is 4.74. The van der Waals surface area contributed by atoms with Gasteiger partial charge in [0.2, 0.25) is 0 Å². The second-order valence-corrected chi connectivity index (χ2v) is 8.34. The van der Waals surface area contributed by atoms with E-state index < -0.39 is 0 Å². The third-order valence-corrected chi connectivity index (χ3v) is 6.54. The maximum absolute atomic E-state index is 4.46. The van der Waals surface area contributed by atoms with E-state index in [2.05, 4.69) is 70.9 Å². The predicted octanol–water partition coefficient (Wildman–Crippen LogP) is 3.25. The number of nitrogens with one attached hydrogen (secondary N) is 2. The van der Waals surface area contributed by atoms with E-state index in [0.29, 0.717) is 18.0 Å². The van der Waals surface area contributed by atoms with Crippen LogP contribution in [-0.2, 0) is 0 Å². The lowest BCUT2D eigenvalue weighted by Crippen LogP contribution is -2.52. The molecule has 1 aliphatic rings. The lowest BCUT2D eigenvalue weighted by atomic mass is 9.93. The molecule has 2 rings (SSSR count). The molecule has 2 N–H and O–H groups in total. The minimum atomic E-state index is 0.503. The van der Waals surface area contributed by atoms with Gasteiger partial charge in [-0.3, -0.25) is 4.99 Å². The maximum atomic E-state index is 4.46. The van der Waals surface area contributed by atoms with Crippen molar-refractivity contribution in [2.45, 2.75) is 51.6 Å². The van der Waals surface area contributed by atoms with Crippen LogP contribution in [0.4, 0.5) is 5.00 Å². The number of anilines is 1. The van der Waals surface area contributed by atoms with E-state index >= 15 is 0 Å². The SMILES string of the molecule is CCC(CC)C(CNC(=NC)NC1CCN(c2cccs2)CC1)N(C)C. The monoisotopic (exact) mass is 379 g/mol. The van der Waals surface area contributed by atoms with Crippen molar-refractivity contribution in [3.05, 3.63) is 17.5 Å². The van der Waals surface area contributed by atoms with E-state index in [4.69, 9.17) is 0 Å². The Labute approximate surface area is 163 Å². The van der Waals surface area contributed by atoms with E-state index in [-0.39, 0.29) is 0 Å². The first-order valence-electron chi connectivity index (χ1n) is 10.0. The Balaban J connectivity index is 1.80. The average Bonchev–Trinajstić information content (AvgIpc) is 3.19. The molecule has 1 unspecified atom stereocenters. The van der Waals surface area contributed by atoms with Crippen LogP contribution >= 0.6 is 11.3 Å². The van der Waals surface area contributed by atoms with Gasteiger partial charge in [-0.05, 0) is 50.4 Å². The van der Waals surface area contributed by atoms with Crippen molar-refractivity contribution in [2.75, 3.05) is 45.7 Å². The summed E-state index contributed by atoms with van der Waals surface area (Å²) in [6.45, 7) is 7.75. The third kappa shape index (κ3) is 5.88. The molecule has 5 nitrogen and oxygen atoms in total. The Kier molecular flexibility index (Phi) is 8.72. The van der Waals surface area contributed by atoms with Crippen molar-refractivity contribution < 1.29 is 0 Å². The van der Waals surface area contributed by atoms with Crippen LogP contribution in [0, 0.1) is 5.92 Å². The summed E-state index contributed by atoms with van der Waals surface area (Å²) in [5.41, 5.74) is 0. The van der Waals surface area contributed by atoms with Gasteiger partial charge in [-0.25, -0.2) is 0 Å². The first kappa shape index (κ1) is 21.0. The Morgan fingerprint density at radius 1 is 1.31 bits per heavy atom. The predicted molar refractivity (Wildman–Crippen MR) is 116 cm³/mol. The van der Waals surface area contributed by atoms with E-state index in [9.17, 15) is 0 Å². The Morgan fingerprint density at radius 2 is 2.00 bits per heavy atom. The number of guanidine groups is 1. The normalized spacial score (nSPS) is 17.8. The number of hydrogen-bond acceptors (Lipinski definition) is 4. The summed E-state index contributed by atoms with van der Waals surface area (Å²) in [4.78, 5) is 9.30. The number of thiophene rings is 1. The highest BCUT2D eigenvalue weighted by molar-refractivity contribution is 7.14. The van der Waals surface area contributed by atoms with Crippen LogP contribution in [0.2, 0.25) is 0 Å². The lowest BCUT2D eigenvalue weighted by Gasteiger charge is -2.35. The summed E-state index contributed by atoms with van der Waals surface area (Å²) in [6, 6.07) is 5.39. The maximum Gasteiger partial charge on any atom is 0.191 e. The molecule has 6 heteroatoms. The minimum absolute atomic E-state index is 0.503. The molecular weight excluding hydrogens is 342 g/mol. The first-order valence-corrected chi connectivity index (χ1v) is 10.9. The van der Waals surface area contributed by atoms with Crippen LogP contribution in [0.15, 0.2) is 22.5 Å². The third-order valence-electron chi connectivity index (χ3n) is 5.61. The highest BCUT2D eigenvalue weighted by Gasteiger charge is 2.23. The van der Waals surface area contributed by atoms with E-state index in [0.717, 1.165) is 38.4 Å². The van der Waals surface area contributed by atoms with Gasteiger partial charge in [-0.15, -0.1) is 11.3 Å². The van der Waals surface area contributed by atoms with Crippen LogP contribution in [0.25, 0.3) is 0 Å². The molecular formula is C20H37N5S. The lowest BCUT2D eigenvalue weighted by molar-refractivity contribution is 0.200. The summed E-state index contributed by atoms with van der Waals surface area (Å²) < 4.78 is 0. The Bertz CT molecular complexity index is 516. The molecule has 0 aliphatic carbocycles. The summed E-state index contributed by atoms with van der Waals surface area (Å²) in [5.74, 6) is 1.65. The molecule has 148 valence electrons. The number of hydrogen-bond donors (Lipinski definition) is 2. The Hall–Kier alpha value is -1.27. The average molecular weight is 380 g/mol. The van der Waals surface area contributed by atoms with E-state index in [1.165, 1.54) is 17.8 Å². The highest BCUT2D eigenvalue weighted by atomic mass is 32.1. The second kappa shape index (κ2) is 10.8. The smallest absolute Gasteiger partial charge is 0.191 e. The largest absolute Gasteiger partial charge is 0.363 e. The van der Waals surface area contributed by atoms with Crippen molar-refractivity contribution >= 4 is 22.3 Å². The summed E-state index contributed by atoms with van der Waals surface area (Å²) in [5, 5.41) is 10.8. The fourth-order valence-corrected chi connectivity index (χ4v) is 4.67. The van der Waals surface area contributed by atoms with Crippen molar-refractivity contribution in [3.63, 3.8) is 0 Å². The molecule has 1 saturated heterocycles. The standard InChI is InChI=1S/C20H37N5S/c1-6-16(7-2)18(24(4)5)15-22-20(21-3)23-17-10-12-25(13-11-17)19-9-8-14-26-19/h8-9,14,16-18H,6-7,10-13,15H2,1-5H3,(H2,21,22,23). The molecule has 0 amide bonds. The van der Waals surface area contributed by atoms with Crippen LogP contribution < -0.4 is 15.5 Å². The van der Waals surface area contributed by atoms with Gasteiger partial charge in [0.25, 0.3) is 0 Å². The number of aliphatic imine (C=N–C) groups is 1. The summed E-state index contributed by atoms with van der Waals surface area (Å²) >= 11 is 1.83. The minimum Gasteiger partial charge on any atom is -0.363 e. The topological polar surface area (TPSA) is 42.9 Å². The number of likely N-dealkylation sites (N-methyl/N-ethyl adjacent to an activating group) is 1. The second-order valence-electron chi connectivity index (χ2n) is 7.42. The number of rotatable bonds is 8. The van der Waals surface area contributed by atoms with Gasteiger partial charge in [-0.2, -0.15) is 0 Å². The van der Waals surface area contributed by atoms with Crippen LogP contribution in [0.3, 0.4) is 0 Å². The fraction of sp³-hybridized carbons (Fsp3) is 0.750. The molecule has 0 spiro atoms. The van der Waals surface area contributed by atoms with E-state index in [1.807, 2.05) is 18.4 Å². The van der Waals surface area contributed by atoms with Gasteiger partial charge in [-0.1, -0.05) is 26.7 Å². The molecule has 1 fully saturated rings. The molecule has 0 radical (unpaired) electrons. The van der Waals surface area contributed by atoms with Gasteiger partial charge >= 0.3 is 0 Å². The van der Waals surface area contributed by atoms with Crippen molar-refractivity contribution in [1.82, 2.24) is 15.5 Å². The molecule has 1 atom stereocenters. The van der Waals surface area contributed by atoms with Gasteiger partial charge in [0.1, 0.15) is 0 Å².